The monoisotopic (exact) mass is 229 g/mol. The smallest absolute Gasteiger partial charge is 0.243 e. The van der Waals surface area contributed by atoms with E-state index in [-0.39, 0.29) is 24.3 Å². The average molecular weight is 229 g/mol. The fourth-order valence-electron chi connectivity index (χ4n) is 1.21. The lowest BCUT2D eigenvalue weighted by Crippen LogP contribution is -2.51. The fraction of sp³-hybridized carbons (Fsp3) is 0.700. The van der Waals surface area contributed by atoms with Crippen molar-refractivity contribution in [3.8, 4) is 0 Å². The summed E-state index contributed by atoms with van der Waals surface area (Å²) in [4.78, 5) is 33.1. The number of hydrogen-bond acceptors (Lipinski definition) is 3. The highest BCUT2D eigenvalue weighted by atomic mass is 16.2. The zero-order valence-corrected chi connectivity index (χ0v) is 9.87. The average Bonchev–Trinajstić information content (AvgIpc) is 2.21. The molecule has 0 aliphatic carbocycles. The van der Waals surface area contributed by atoms with Crippen LogP contribution in [-0.4, -0.2) is 30.3 Å². The van der Waals surface area contributed by atoms with Gasteiger partial charge in [-0.3, -0.25) is 14.4 Å². The molecule has 3 amide bonds. The highest BCUT2D eigenvalue weighted by Gasteiger charge is 2.24. The van der Waals surface area contributed by atoms with Gasteiger partial charge in [0, 0.05) is 6.92 Å². The van der Waals surface area contributed by atoms with Crippen LogP contribution in [-0.2, 0) is 14.4 Å². The third-order valence-electron chi connectivity index (χ3n) is 2.29. The van der Waals surface area contributed by atoms with Crippen molar-refractivity contribution in [3.63, 3.8) is 0 Å². The van der Waals surface area contributed by atoms with Gasteiger partial charge in [0.15, 0.2) is 0 Å². The molecule has 0 aromatic heterocycles. The van der Waals surface area contributed by atoms with Gasteiger partial charge in [0.1, 0.15) is 6.04 Å². The van der Waals surface area contributed by atoms with Gasteiger partial charge in [-0.05, 0) is 5.92 Å². The van der Waals surface area contributed by atoms with Crippen molar-refractivity contribution in [1.29, 1.82) is 0 Å². The van der Waals surface area contributed by atoms with Crippen molar-refractivity contribution in [2.24, 2.45) is 11.7 Å². The van der Waals surface area contributed by atoms with Gasteiger partial charge in [-0.2, -0.15) is 0 Å². The zero-order valence-electron chi connectivity index (χ0n) is 9.87. The van der Waals surface area contributed by atoms with Crippen LogP contribution in [0.4, 0.5) is 0 Å². The summed E-state index contributed by atoms with van der Waals surface area (Å²) >= 11 is 0. The van der Waals surface area contributed by atoms with Gasteiger partial charge in [0.2, 0.25) is 17.7 Å². The molecule has 0 aliphatic heterocycles. The lowest BCUT2D eigenvalue weighted by Gasteiger charge is -2.22. The number of nitrogens with two attached hydrogens (primary N) is 1. The van der Waals surface area contributed by atoms with E-state index in [0.717, 1.165) is 6.42 Å². The van der Waals surface area contributed by atoms with Crippen LogP contribution in [0.3, 0.4) is 0 Å². The molecule has 6 nitrogen and oxygen atoms in total. The third kappa shape index (κ3) is 5.33. The number of rotatable bonds is 6. The fourth-order valence-corrected chi connectivity index (χ4v) is 1.21. The Bertz CT molecular complexity index is 278. The first-order valence-electron chi connectivity index (χ1n) is 5.21. The zero-order chi connectivity index (χ0) is 12.7. The summed E-state index contributed by atoms with van der Waals surface area (Å²) in [6.45, 7) is 4.90. The summed E-state index contributed by atoms with van der Waals surface area (Å²) in [6, 6.07) is -0.623. The molecule has 0 aromatic carbocycles. The Kier molecular flexibility index (Phi) is 6.14. The Morgan fingerprint density at radius 3 is 2.25 bits per heavy atom. The molecular formula is C10H19N3O3. The summed E-state index contributed by atoms with van der Waals surface area (Å²) in [5.74, 6) is -1.28. The van der Waals surface area contributed by atoms with E-state index in [1.165, 1.54) is 6.92 Å². The maximum Gasteiger partial charge on any atom is 0.243 e. The predicted molar refractivity (Wildman–Crippen MR) is 59.3 cm³/mol. The van der Waals surface area contributed by atoms with E-state index < -0.39 is 11.9 Å². The Morgan fingerprint density at radius 1 is 1.31 bits per heavy atom. The molecule has 0 aliphatic rings. The summed E-state index contributed by atoms with van der Waals surface area (Å²) in [5.41, 5.74) is 4.91. The molecule has 92 valence electrons. The van der Waals surface area contributed by atoms with E-state index in [9.17, 15) is 14.4 Å². The molecule has 0 aromatic rings. The molecule has 0 radical (unpaired) electrons. The van der Waals surface area contributed by atoms with E-state index in [1.807, 2.05) is 13.8 Å². The van der Waals surface area contributed by atoms with E-state index in [4.69, 9.17) is 5.73 Å². The summed E-state index contributed by atoms with van der Waals surface area (Å²) < 4.78 is 0. The Morgan fingerprint density at radius 2 is 1.88 bits per heavy atom. The van der Waals surface area contributed by atoms with Gasteiger partial charge in [0.05, 0.1) is 6.54 Å². The van der Waals surface area contributed by atoms with E-state index >= 15 is 0 Å². The Hall–Kier alpha value is -1.59. The van der Waals surface area contributed by atoms with Crippen molar-refractivity contribution in [2.75, 3.05) is 6.54 Å². The van der Waals surface area contributed by atoms with Gasteiger partial charge in [-0.1, -0.05) is 20.3 Å². The van der Waals surface area contributed by atoms with Crippen molar-refractivity contribution < 1.29 is 14.4 Å². The molecule has 0 saturated heterocycles. The first-order chi connectivity index (χ1) is 7.38. The minimum atomic E-state index is -0.623. The number of carbonyl (C=O) groups is 3. The largest absolute Gasteiger partial charge is 0.368 e. The van der Waals surface area contributed by atoms with Crippen LogP contribution in [0.25, 0.3) is 0 Å². The number of hydrogen-bond donors (Lipinski definition) is 3. The van der Waals surface area contributed by atoms with Crippen LogP contribution in [0.15, 0.2) is 0 Å². The molecule has 4 N–H and O–H groups in total. The minimum Gasteiger partial charge on any atom is -0.368 e. The standard InChI is InChI=1S/C10H19N3O3/c1-4-6(2)9(13-7(3)14)10(16)12-5-8(11)15/h6,9H,4-5H2,1-3H3,(H2,11,15)(H,12,16)(H,13,14)/t6-,9-/m0/s1. The first kappa shape index (κ1) is 14.4. The van der Waals surface area contributed by atoms with Gasteiger partial charge >= 0.3 is 0 Å². The maximum absolute atomic E-state index is 11.6. The highest BCUT2D eigenvalue weighted by molar-refractivity contribution is 5.89. The quantitative estimate of drug-likeness (QED) is 0.552. The molecule has 16 heavy (non-hydrogen) atoms. The molecule has 0 bridgehead atoms. The molecule has 0 spiro atoms. The number of amides is 3. The van der Waals surface area contributed by atoms with Crippen molar-refractivity contribution in [2.45, 2.75) is 33.2 Å². The normalized spacial score (nSPS) is 13.7. The third-order valence-corrected chi connectivity index (χ3v) is 2.29. The number of nitrogens with one attached hydrogen (secondary N) is 2. The molecule has 0 rings (SSSR count). The van der Waals surface area contributed by atoms with Crippen molar-refractivity contribution in [1.82, 2.24) is 10.6 Å². The topological polar surface area (TPSA) is 101 Å². The molecule has 0 unspecified atom stereocenters. The molecule has 0 saturated carbocycles. The van der Waals surface area contributed by atoms with Crippen molar-refractivity contribution in [3.05, 3.63) is 0 Å². The van der Waals surface area contributed by atoms with Gasteiger partial charge in [-0.25, -0.2) is 0 Å². The molecular weight excluding hydrogens is 210 g/mol. The molecule has 0 heterocycles. The van der Waals surface area contributed by atoms with Gasteiger partial charge < -0.3 is 16.4 Å². The second kappa shape index (κ2) is 6.81. The Labute approximate surface area is 94.9 Å². The first-order valence-corrected chi connectivity index (χ1v) is 5.21. The van der Waals surface area contributed by atoms with Crippen LogP contribution in [0, 0.1) is 5.92 Å². The minimum absolute atomic E-state index is 0.00298. The van der Waals surface area contributed by atoms with Crippen LogP contribution < -0.4 is 16.4 Å². The maximum atomic E-state index is 11.6. The lowest BCUT2D eigenvalue weighted by atomic mass is 9.98. The predicted octanol–water partition coefficient (Wildman–Crippen LogP) is -0.861. The second-order valence-electron chi connectivity index (χ2n) is 3.75. The number of primary amides is 1. The Balaban J connectivity index is 4.43. The van der Waals surface area contributed by atoms with E-state index in [1.54, 1.807) is 0 Å². The van der Waals surface area contributed by atoms with Gasteiger partial charge in [-0.15, -0.1) is 0 Å². The summed E-state index contributed by atoms with van der Waals surface area (Å²) in [7, 11) is 0. The molecule has 2 atom stereocenters. The highest BCUT2D eigenvalue weighted by Crippen LogP contribution is 2.07. The van der Waals surface area contributed by atoms with E-state index in [2.05, 4.69) is 10.6 Å². The summed E-state index contributed by atoms with van der Waals surface area (Å²) in [5, 5.41) is 4.93. The number of carbonyl (C=O) groups excluding carboxylic acids is 3. The van der Waals surface area contributed by atoms with Crippen LogP contribution in [0.1, 0.15) is 27.2 Å². The second-order valence-corrected chi connectivity index (χ2v) is 3.75. The van der Waals surface area contributed by atoms with Crippen LogP contribution >= 0.6 is 0 Å². The molecule has 0 fully saturated rings. The van der Waals surface area contributed by atoms with Crippen LogP contribution in [0.2, 0.25) is 0 Å². The van der Waals surface area contributed by atoms with Crippen molar-refractivity contribution >= 4 is 17.7 Å². The summed E-state index contributed by atoms with van der Waals surface area (Å²) in [6.07, 6.45) is 0.745. The van der Waals surface area contributed by atoms with E-state index in [0.29, 0.717) is 0 Å². The molecule has 6 heteroatoms. The van der Waals surface area contributed by atoms with Crippen LogP contribution in [0.5, 0.6) is 0 Å². The lowest BCUT2D eigenvalue weighted by molar-refractivity contribution is -0.130. The van der Waals surface area contributed by atoms with Gasteiger partial charge in [0.25, 0.3) is 0 Å². The SMILES string of the molecule is CC[C@H](C)[C@H](NC(C)=O)C(=O)NCC(N)=O.